The van der Waals surface area contributed by atoms with Gasteiger partial charge in [0.2, 0.25) is 5.91 Å². The summed E-state index contributed by atoms with van der Waals surface area (Å²) in [6.45, 7) is 10.4. The van der Waals surface area contributed by atoms with Crippen molar-refractivity contribution < 1.29 is 4.79 Å². The van der Waals surface area contributed by atoms with E-state index in [2.05, 4.69) is 34.1 Å². The van der Waals surface area contributed by atoms with Gasteiger partial charge in [0.15, 0.2) is 0 Å². The molecule has 0 aliphatic carbocycles. The number of aryl methyl sites for hydroxylation is 2. The van der Waals surface area contributed by atoms with Gasteiger partial charge in [0, 0.05) is 16.2 Å². The average molecular weight is 437 g/mol. The van der Waals surface area contributed by atoms with Crippen LogP contribution in [0.4, 0.5) is 0 Å². The molecule has 0 aliphatic heterocycles. The molecule has 1 unspecified atom stereocenters. The molecule has 3 rings (SSSR count). The van der Waals surface area contributed by atoms with Gasteiger partial charge in [-0.1, -0.05) is 13.8 Å². The third-order valence-electron chi connectivity index (χ3n) is 4.43. The number of thiophene rings is 1. The number of nitrogens with zero attached hydrogens (tertiary/aromatic N) is 2. The summed E-state index contributed by atoms with van der Waals surface area (Å²) in [6.07, 6.45) is 0. The number of thioether (sulfide) groups is 1. The van der Waals surface area contributed by atoms with Crippen molar-refractivity contribution in [3.63, 3.8) is 0 Å². The van der Waals surface area contributed by atoms with Gasteiger partial charge in [-0.15, -0.1) is 34.4 Å². The van der Waals surface area contributed by atoms with Crippen molar-refractivity contribution in [3.8, 4) is 0 Å². The normalized spacial score (nSPS) is 12.6. The second-order valence-corrected chi connectivity index (χ2v) is 10.4. The maximum absolute atomic E-state index is 12.4. The fourth-order valence-electron chi connectivity index (χ4n) is 2.64. The van der Waals surface area contributed by atoms with Crippen LogP contribution in [0, 0.1) is 13.8 Å². The number of carbonyl (C=O) groups excluding carboxylic acids is 1. The summed E-state index contributed by atoms with van der Waals surface area (Å²) in [6, 6.07) is 0. The average Bonchev–Trinajstić information content (AvgIpc) is 3.23. The number of nitrogens with one attached hydrogen (secondary N) is 2. The fraction of sp³-hybridized carbons (Fsp3) is 0.474. The van der Waals surface area contributed by atoms with Crippen molar-refractivity contribution in [3.05, 3.63) is 42.7 Å². The highest BCUT2D eigenvalue weighted by atomic mass is 32.2. The Morgan fingerprint density at radius 3 is 2.71 bits per heavy atom. The first-order valence-electron chi connectivity index (χ1n) is 9.08. The van der Waals surface area contributed by atoms with E-state index in [0.29, 0.717) is 29.4 Å². The molecule has 0 radical (unpaired) electrons. The standard InChI is InChI=1S/C19H24N4O2S3/c1-9(2)18-21-13(7-27-18)6-20-16(24)12(5)26-8-14-22-17(25)15-10(3)11(4)28-19(15)23-14/h7,9,12H,6,8H2,1-5H3,(H,20,24)(H,22,23,25). The van der Waals surface area contributed by atoms with Gasteiger partial charge in [-0.25, -0.2) is 9.97 Å². The summed E-state index contributed by atoms with van der Waals surface area (Å²) in [4.78, 5) is 38.5. The number of thiazole rings is 1. The van der Waals surface area contributed by atoms with E-state index in [-0.39, 0.29) is 16.7 Å². The van der Waals surface area contributed by atoms with E-state index >= 15 is 0 Å². The van der Waals surface area contributed by atoms with E-state index in [1.54, 1.807) is 11.3 Å². The van der Waals surface area contributed by atoms with Crippen LogP contribution in [0.3, 0.4) is 0 Å². The van der Waals surface area contributed by atoms with Gasteiger partial charge in [-0.05, 0) is 26.3 Å². The Kier molecular flexibility index (Phi) is 6.57. The first kappa shape index (κ1) is 21.0. The number of rotatable bonds is 7. The van der Waals surface area contributed by atoms with Gasteiger partial charge in [-0.2, -0.15) is 0 Å². The first-order valence-corrected chi connectivity index (χ1v) is 11.8. The summed E-state index contributed by atoms with van der Waals surface area (Å²) < 4.78 is 0. The lowest BCUT2D eigenvalue weighted by atomic mass is 10.2. The van der Waals surface area contributed by atoms with Crippen molar-refractivity contribution >= 4 is 50.6 Å². The van der Waals surface area contributed by atoms with Crippen LogP contribution in [0.1, 0.15) is 53.7 Å². The molecule has 6 nitrogen and oxygen atoms in total. The zero-order valence-corrected chi connectivity index (χ0v) is 19.0. The Hall–Kier alpha value is -1.71. The van der Waals surface area contributed by atoms with E-state index in [9.17, 15) is 9.59 Å². The Morgan fingerprint density at radius 1 is 1.29 bits per heavy atom. The molecule has 28 heavy (non-hydrogen) atoms. The lowest BCUT2D eigenvalue weighted by Crippen LogP contribution is -2.30. The van der Waals surface area contributed by atoms with Crippen molar-refractivity contribution in [1.82, 2.24) is 20.3 Å². The van der Waals surface area contributed by atoms with Crippen LogP contribution in [0.25, 0.3) is 10.2 Å². The van der Waals surface area contributed by atoms with Crippen molar-refractivity contribution in [2.45, 2.75) is 58.1 Å². The molecule has 0 saturated heterocycles. The van der Waals surface area contributed by atoms with Crippen LogP contribution in [-0.4, -0.2) is 26.1 Å². The second kappa shape index (κ2) is 8.75. The van der Waals surface area contributed by atoms with Gasteiger partial charge in [0.25, 0.3) is 5.56 Å². The summed E-state index contributed by atoms with van der Waals surface area (Å²) in [5.41, 5.74) is 1.77. The van der Waals surface area contributed by atoms with Crippen LogP contribution < -0.4 is 10.9 Å². The fourth-order valence-corrected chi connectivity index (χ4v) is 5.30. The molecule has 0 aromatic carbocycles. The van der Waals surface area contributed by atoms with Crippen LogP contribution in [0.2, 0.25) is 0 Å². The highest BCUT2D eigenvalue weighted by Gasteiger charge is 2.16. The van der Waals surface area contributed by atoms with Crippen molar-refractivity contribution in [2.75, 3.05) is 0 Å². The van der Waals surface area contributed by atoms with E-state index < -0.39 is 0 Å². The Balaban J connectivity index is 1.57. The summed E-state index contributed by atoms with van der Waals surface area (Å²) in [5.74, 6) is 1.43. The molecule has 9 heteroatoms. The molecular formula is C19H24N4O2S3. The van der Waals surface area contributed by atoms with Gasteiger partial charge in [0.1, 0.15) is 10.7 Å². The summed E-state index contributed by atoms with van der Waals surface area (Å²) >= 11 is 4.61. The molecule has 2 N–H and O–H groups in total. The molecule has 3 aromatic heterocycles. The Morgan fingerprint density at radius 2 is 2.04 bits per heavy atom. The van der Waals surface area contributed by atoms with Gasteiger partial charge < -0.3 is 10.3 Å². The number of hydrogen-bond donors (Lipinski definition) is 2. The predicted molar refractivity (Wildman–Crippen MR) is 119 cm³/mol. The van der Waals surface area contributed by atoms with Crippen LogP contribution >= 0.6 is 34.4 Å². The lowest BCUT2D eigenvalue weighted by molar-refractivity contribution is -0.120. The molecule has 0 bridgehead atoms. The minimum absolute atomic E-state index is 0.0460. The molecule has 1 atom stereocenters. The topological polar surface area (TPSA) is 87.7 Å². The quantitative estimate of drug-likeness (QED) is 0.582. The Labute approximate surface area is 176 Å². The predicted octanol–water partition coefficient (Wildman–Crippen LogP) is 4.12. The third-order valence-corrected chi connectivity index (χ3v) is 7.88. The number of carbonyl (C=O) groups is 1. The lowest BCUT2D eigenvalue weighted by Gasteiger charge is -2.11. The maximum atomic E-state index is 12.4. The zero-order chi connectivity index (χ0) is 20.4. The molecule has 1 amide bonds. The minimum Gasteiger partial charge on any atom is -0.349 e. The Bertz CT molecular complexity index is 1050. The number of aromatic nitrogens is 3. The monoisotopic (exact) mass is 436 g/mol. The number of amides is 1. The first-order chi connectivity index (χ1) is 13.3. The maximum Gasteiger partial charge on any atom is 0.259 e. The van der Waals surface area contributed by atoms with E-state index in [4.69, 9.17) is 0 Å². The third kappa shape index (κ3) is 4.64. The largest absolute Gasteiger partial charge is 0.349 e. The van der Waals surface area contributed by atoms with Crippen molar-refractivity contribution in [2.24, 2.45) is 0 Å². The molecule has 3 heterocycles. The van der Waals surface area contributed by atoms with Crippen molar-refractivity contribution in [1.29, 1.82) is 0 Å². The van der Waals surface area contributed by atoms with E-state index in [1.165, 1.54) is 23.1 Å². The number of hydrogen-bond acceptors (Lipinski definition) is 7. The van der Waals surface area contributed by atoms with Crippen LogP contribution in [0.15, 0.2) is 10.2 Å². The molecule has 0 aliphatic rings. The smallest absolute Gasteiger partial charge is 0.259 e. The van der Waals surface area contributed by atoms with Crippen LogP contribution in [-0.2, 0) is 17.1 Å². The highest BCUT2D eigenvalue weighted by molar-refractivity contribution is 7.99. The molecule has 150 valence electrons. The van der Waals surface area contributed by atoms with E-state index in [1.807, 2.05) is 26.2 Å². The number of H-pyrrole nitrogens is 1. The zero-order valence-electron chi connectivity index (χ0n) is 16.6. The number of fused-ring (bicyclic) bond motifs is 1. The van der Waals surface area contributed by atoms with Gasteiger partial charge in [0.05, 0.1) is 33.6 Å². The van der Waals surface area contributed by atoms with Crippen LogP contribution in [0.5, 0.6) is 0 Å². The van der Waals surface area contributed by atoms with Gasteiger partial charge >= 0.3 is 0 Å². The molecule has 3 aromatic rings. The summed E-state index contributed by atoms with van der Waals surface area (Å²) in [5, 5.41) is 6.42. The highest BCUT2D eigenvalue weighted by Crippen LogP contribution is 2.26. The molecule has 0 spiro atoms. The molecule has 0 fully saturated rings. The minimum atomic E-state index is -0.254. The van der Waals surface area contributed by atoms with E-state index in [0.717, 1.165) is 26.0 Å². The van der Waals surface area contributed by atoms with Gasteiger partial charge in [-0.3, -0.25) is 9.59 Å². The summed E-state index contributed by atoms with van der Waals surface area (Å²) in [7, 11) is 0. The second-order valence-electron chi connectivity index (χ2n) is 6.98. The number of aromatic amines is 1. The molecule has 0 saturated carbocycles. The molecular weight excluding hydrogens is 412 g/mol. The SMILES string of the molecule is Cc1sc2nc(CSC(C)C(=O)NCc3csc(C(C)C)n3)[nH]c(=O)c2c1C.